The molecule has 39 heavy (non-hydrogen) atoms. The molecule has 3 aromatic rings. The maximum Gasteiger partial charge on any atom is 0.416 e. The summed E-state index contributed by atoms with van der Waals surface area (Å²) in [6, 6.07) is 5.47. The number of likely N-dealkylation sites (tertiary alicyclic amines) is 1. The van der Waals surface area contributed by atoms with E-state index in [1.54, 1.807) is 17.9 Å². The molecule has 2 aliphatic rings. The minimum Gasteiger partial charge on any atom is -0.368 e. The van der Waals surface area contributed by atoms with Crippen LogP contribution in [0.15, 0.2) is 24.3 Å². The largest absolute Gasteiger partial charge is 0.416 e. The molecule has 0 bridgehead atoms. The zero-order valence-corrected chi connectivity index (χ0v) is 23.1. The minimum absolute atomic E-state index is 0.00577. The van der Waals surface area contributed by atoms with Crippen LogP contribution in [0.5, 0.6) is 0 Å². The van der Waals surface area contributed by atoms with Gasteiger partial charge in [0, 0.05) is 30.3 Å². The number of amides is 1. The molecule has 2 atom stereocenters. The number of rotatable bonds is 6. The molecule has 2 fully saturated rings. The Balaban J connectivity index is 1.37. The number of ketones is 1. The van der Waals surface area contributed by atoms with Crippen LogP contribution in [-0.2, 0) is 15.7 Å². The zero-order chi connectivity index (χ0) is 28.1. The van der Waals surface area contributed by atoms with Gasteiger partial charge >= 0.3 is 6.18 Å². The van der Waals surface area contributed by atoms with E-state index in [-0.39, 0.29) is 23.4 Å². The second-order valence-corrected chi connectivity index (χ2v) is 11.8. The smallest absolute Gasteiger partial charge is 0.368 e. The Morgan fingerprint density at radius 2 is 1.90 bits per heavy atom. The third kappa shape index (κ3) is 5.14. The average molecular weight is 561 g/mol. The van der Waals surface area contributed by atoms with E-state index >= 15 is 0 Å². The summed E-state index contributed by atoms with van der Waals surface area (Å²) in [4.78, 5) is 28.6. The molecule has 0 aliphatic carbocycles. The van der Waals surface area contributed by atoms with Gasteiger partial charge in [0.25, 0.3) is 5.91 Å². The Labute approximate surface area is 228 Å². The number of Topliss-reactive ketones (excluding diaryl/α,β-unsaturated/α-hetero) is 1. The first-order valence-electron chi connectivity index (χ1n) is 13.0. The van der Waals surface area contributed by atoms with E-state index < -0.39 is 23.2 Å². The number of fused-ring (bicyclic) bond motifs is 1. The number of piperidine rings is 1. The predicted molar refractivity (Wildman–Crippen MR) is 143 cm³/mol. The van der Waals surface area contributed by atoms with Gasteiger partial charge in [-0.3, -0.25) is 9.59 Å². The number of ether oxygens (including phenoxy) is 1. The van der Waals surface area contributed by atoms with E-state index in [0.717, 1.165) is 17.2 Å². The number of alkyl halides is 3. The highest BCUT2D eigenvalue weighted by Gasteiger charge is 2.41. The fraction of sp³-hybridized carbons (Fsp3) is 0.500. The number of benzene rings is 1. The van der Waals surface area contributed by atoms with Crippen LogP contribution >= 0.6 is 11.3 Å². The standard InChI is InChI=1S/C28H31F3N4O3S/c1-15-18(6-5-7-20(15)28(29,30)31)16(2)32-25-19-14-22(39-23(19)17(3)33-34-25)24(36)27(4)9-11-35(12-10-27)26(37)21-8-13-38-21/h5-7,14,16,21H,8-13H2,1-4H3,(H,32,34)/t16-,21?/m1/s1. The zero-order valence-electron chi connectivity index (χ0n) is 22.3. The summed E-state index contributed by atoms with van der Waals surface area (Å²) in [5, 5.41) is 12.5. The number of hydrogen-bond acceptors (Lipinski definition) is 7. The molecule has 1 N–H and O–H groups in total. The van der Waals surface area contributed by atoms with E-state index in [0.29, 0.717) is 59.9 Å². The van der Waals surface area contributed by atoms with Gasteiger partial charge in [-0.1, -0.05) is 19.1 Å². The van der Waals surface area contributed by atoms with Gasteiger partial charge < -0.3 is 15.0 Å². The summed E-state index contributed by atoms with van der Waals surface area (Å²) < 4.78 is 46.5. The third-order valence-electron chi connectivity index (χ3n) is 8.04. The molecule has 0 spiro atoms. The number of aryl methyl sites for hydroxylation is 1. The van der Waals surface area contributed by atoms with E-state index in [2.05, 4.69) is 15.5 Å². The average Bonchev–Trinajstić information content (AvgIpc) is 3.30. The van der Waals surface area contributed by atoms with Crippen molar-refractivity contribution in [3.63, 3.8) is 0 Å². The quantitative estimate of drug-likeness (QED) is 0.367. The van der Waals surface area contributed by atoms with Crippen molar-refractivity contribution in [2.45, 2.75) is 65.3 Å². The Morgan fingerprint density at radius 3 is 2.51 bits per heavy atom. The second-order valence-electron chi connectivity index (χ2n) is 10.7. The van der Waals surface area contributed by atoms with Crippen molar-refractivity contribution >= 4 is 38.9 Å². The fourth-order valence-electron chi connectivity index (χ4n) is 5.37. The van der Waals surface area contributed by atoms with Crippen molar-refractivity contribution in [2.75, 3.05) is 25.0 Å². The molecule has 2 aliphatic heterocycles. The van der Waals surface area contributed by atoms with E-state index in [1.165, 1.54) is 24.3 Å². The SMILES string of the molecule is Cc1c([C@@H](C)Nc2nnc(C)c3sc(C(=O)C4(C)CCN(C(=O)C5CCO5)CC4)cc23)cccc1C(F)(F)F. The maximum atomic E-state index is 13.7. The first-order valence-corrected chi connectivity index (χ1v) is 13.9. The maximum absolute atomic E-state index is 13.7. The molecular formula is C28H31F3N4O3S. The number of nitrogens with zero attached hydrogens (tertiary/aromatic N) is 3. The van der Waals surface area contributed by atoms with Gasteiger partial charge in [-0.15, -0.1) is 16.4 Å². The van der Waals surface area contributed by atoms with Gasteiger partial charge in [0.05, 0.1) is 33.5 Å². The number of carbonyl (C=O) groups is 2. The number of thiophene rings is 1. The Hall–Kier alpha value is -3.05. The number of aromatic nitrogens is 2. The topological polar surface area (TPSA) is 84.4 Å². The highest BCUT2D eigenvalue weighted by Crippen LogP contribution is 2.41. The van der Waals surface area contributed by atoms with Crippen LogP contribution in [0.2, 0.25) is 0 Å². The lowest BCUT2D eigenvalue weighted by atomic mass is 9.76. The molecule has 1 amide bonds. The van der Waals surface area contributed by atoms with Gasteiger partial charge in [-0.05, 0) is 56.9 Å². The van der Waals surface area contributed by atoms with E-state index in [4.69, 9.17) is 4.74 Å². The summed E-state index contributed by atoms with van der Waals surface area (Å²) in [6.07, 6.45) is -2.92. The van der Waals surface area contributed by atoms with Gasteiger partial charge in [-0.25, -0.2) is 0 Å². The lowest BCUT2D eigenvalue weighted by Gasteiger charge is -2.40. The highest BCUT2D eigenvalue weighted by atomic mass is 32.1. The molecule has 0 radical (unpaired) electrons. The van der Waals surface area contributed by atoms with Crippen LogP contribution in [0.1, 0.15) is 71.2 Å². The van der Waals surface area contributed by atoms with Crippen LogP contribution < -0.4 is 5.32 Å². The molecule has 11 heteroatoms. The Morgan fingerprint density at radius 1 is 1.21 bits per heavy atom. The first kappa shape index (κ1) is 27.5. The van der Waals surface area contributed by atoms with Crippen LogP contribution in [0.3, 0.4) is 0 Å². The predicted octanol–water partition coefficient (Wildman–Crippen LogP) is 6.10. The fourth-order valence-corrected chi connectivity index (χ4v) is 6.56. The van der Waals surface area contributed by atoms with Crippen LogP contribution in [-0.4, -0.2) is 52.6 Å². The summed E-state index contributed by atoms with van der Waals surface area (Å²) in [6.45, 7) is 8.64. The lowest BCUT2D eigenvalue weighted by Crippen LogP contribution is -2.51. The van der Waals surface area contributed by atoms with E-state index in [9.17, 15) is 22.8 Å². The molecular weight excluding hydrogens is 529 g/mol. The molecule has 0 saturated carbocycles. The van der Waals surface area contributed by atoms with Crippen molar-refractivity contribution < 1.29 is 27.5 Å². The van der Waals surface area contributed by atoms with Gasteiger partial charge in [-0.2, -0.15) is 18.3 Å². The van der Waals surface area contributed by atoms with E-state index in [1.807, 2.05) is 19.9 Å². The van der Waals surface area contributed by atoms with Crippen molar-refractivity contribution in [1.29, 1.82) is 0 Å². The Bertz CT molecular complexity index is 1430. The van der Waals surface area contributed by atoms with Crippen molar-refractivity contribution in [1.82, 2.24) is 15.1 Å². The summed E-state index contributed by atoms with van der Waals surface area (Å²) >= 11 is 1.35. The number of nitrogens with one attached hydrogen (secondary N) is 1. The molecule has 7 nitrogen and oxygen atoms in total. The van der Waals surface area contributed by atoms with Gasteiger partial charge in [0.2, 0.25) is 0 Å². The molecule has 1 unspecified atom stereocenters. The molecule has 2 saturated heterocycles. The lowest BCUT2D eigenvalue weighted by molar-refractivity contribution is -0.157. The minimum atomic E-state index is -4.44. The Kier molecular flexibility index (Phi) is 7.17. The summed E-state index contributed by atoms with van der Waals surface area (Å²) in [7, 11) is 0. The molecule has 5 rings (SSSR count). The van der Waals surface area contributed by atoms with Crippen molar-refractivity contribution in [3.8, 4) is 0 Å². The van der Waals surface area contributed by atoms with Gasteiger partial charge in [0.1, 0.15) is 6.10 Å². The normalized spacial score (nSPS) is 20.0. The molecule has 1 aromatic carbocycles. The monoisotopic (exact) mass is 560 g/mol. The summed E-state index contributed by atoms with van der Waals surface area (Å²) in [5.74, 6) is 0.440. The second kappa shape index (κ2) is 10.2. The number of hydrogen-bond donors (Lipinski definition) is 1. The number of anilines is 1. The van der Waals surface area contributed by atoms with Crippen LogP contribution in [0.4, 0.5) is 19.0 Å². The molecule has 4 heterocycles. The first-order chi connectivity index (χ1) is 18.4. The van der Waals surface area contributed by atoms with Crippen molar-refractivity contribution in [2.24, 2.45) is 5.41 Å². The molecule has 208 valence electrons. The highest BCUT2D eigenvalue weighted by molar-refractivity contribution is 7.21. The van der Waals surface area contributed by atoms with Gasteiger partial charge in [0.15, 0.2) is 11.6 Å². The van der Waals surface area contributed by atoms with Crippen LogP contribution in [0.25, 0.3) is 10.1 Å². The summed E-state index contributed by atoms with van der Waals surface area (Å²) in [5.41, 5.74) is 0.0622. The number of halogens is 3. The van der Waals surface area contributed by atoms with Crippen molar-refractivity contribution in [3.05, 3.63) is 51.5 Å². The number of carbonyl (C=O) groups excluding carboxylic acids is 2. The third-order valence-corrected chi connectivity index (χ3v) is 9.28. The molecule has 2 aromatic heterocycles. The van der Waals surface area contributed by atoms with Crippen LogP contribution in [0, 0.1) is 19.3 Å².